The molecule has 12 heteroatoms. The molecular formula is C13H14F3N3O5S. The maximum atomic E-state index is 11.1. The lowest BCUT2D eigenvalue weighted by Crippen LogP contribution is -2.39. The van der Waals surface area contributed by atoms with Crippen molar-refractivity contribution in [3.63, 3.8) is 0 Å². The maximum absolute atomic E-state index is 11.1. The van der Waals surface area contributed by atoms with Crippen LogP contribution < -0.4 is 9.79 Å². The summed E-state index contributed by atoms with van der Waals surface area (Å²) in [5, 5.41) is 8.78. The van der Waals surface area contributed by atoms with E-state index in [1.165, 1.54) is 18.6 Å². The fraction of sp³-hybridized carbons (Fsp3) is 0.462. The van der Waals surface area contributed by atoms with Crippen LogP contribution in [0, 0.1) is 13.8 Å². The van der Waals surface area contributed by atoms with Crippen molar-refractivity contribution in [2.45, 2.75) is 33.0 Å². The lowest BCUT2D eigenvalue weighted by atomic mass is 10.3. The summed E-state index contributed by atoms with van der Waals surface area (Å²) in [6, 6.07) is 0. The predicted octanol–water partition coefficient (Wildman–Crippen LogP) is 0.564. The average molecular weight is 381 g/mol. The topological polar surface area (TPSA) is 109 Å². The first kappa shape index (κ1) is 20.5. The van der Waals surface area contributed by atoms with Gasteiger partial charge in [0.15, 0.2) is 11.4 Å². The van der Waals surface area contributed by atoms with Gasteiger partial charge in [-0.15, -0.1) is 0 Å². The molecule has 25 heavy (non-hydrogen) atoms. The highest BCUT2D eigenvalue weighted by Gasteiger charge is 2.28. The molecule has 2 aromatic rings. The van der Waals surface area contributed by atoms with Crippen LogP contribution in [0.4, 0.5) is 13.2 Å². The number of nitrogens with zero attached hydrogens (tertiary/aromatic N) is 3. The van der Waals surface area contributed by atoms with Gasteiger partial charge in [-0.1, -0.05) is 4.68 Å². The van der Waals surface area contributed by atoms with Crippen LogP contribution in [-0.2, 0) is 20.9 Å². The van der Waals surface area contributed by atoms with E-state index in [-0.39, 0.29) is 5.97 Å². The molecule has 0 fully saturated rings. The van der Waals surface area contributed by atoms with Gasteiger partial charge < -0.3 is 19.1 Å². The maximum Gasteiger partial charge on any atom is 0.430 e. The molecule has 0 saturated carbocycles. The third-order valence-electron chi connectivity index (χ3n) is 2.75. The summed E-state index contributed by atoms with van der Waals surface area (Å²) in [6.45, 7) is 4.27. The van der Waals surface area contributed by atoms with Crippen LogP contribution in [-0.4, -0.2) is 34.7 Å². The van der Waals surface area contributed by atoms with Gasteiger partial charge in [-0.2, -0.15) is 13.2 Å². The number of hydrogen-bond acceptors (Lipinski definition) is 8. The van der Waals surface area contributed by atoms with Crippen LogP contribution in [0.1, 0.15) is 17.9 Å². The zero-order valence-corrected chi connectivity index (χ0v) is 14.2. The van der Waals surface area contributed by atoms with Gasteiger partial charge in [0.1, 0.15) is 18.2 Å². The smallest absolute Gasteiger partial charge is 0.430 e. The van der Waals surface area contributed by atoms with Crippen molar-refractivity contribution in [3.05, 3.63) is 17.7 Å². The van der Waals surface area contributed by atoms with Crippen LogP contribution >= 0.6 is 11.5 Å². The molecule has 8 nitrogen and oxygen atoms in total. The second kappa shape index (κ2) is 8.55. The van der Waals surface area contributed by atoms with Crippen molar-refractivity contribution in [2.75, 3.05) is 7.11 Å². The van der Waals surface area contributed by atoms with Crippen LogP contribution in [0.3, 0.4) is 0 Å². The zero-order chi connectivity index (χ0) is 19.2. The van der Waals surface area contributed by atoms with Gasteiger partial charge in [-0.25, -0.2) is 4.98 Å². The summed E-state index contributed by atoms with van der Waals surface area (Å²) < 4.78 is 47.6. The number of carboxylic acids is 1. The van der Waals surface area contributed by atoms with Crippen LogP contribution in [0.25, 0.3) is 10.8 Å². The number of ether oxygens (including phenoxy) is 1. The normalized spacial score (nSPS) is 10.8. The van der Waals surface area contributed by atoms with Gasteiger partial charge in [0.05, 0.1) is 17.8 Å². The number of carboxylic acid groups (broad SMARTS) is 1. The summed E-state index contributed by atoms with van der Waals surface area (Å²) in [5.74, 6) is -1.92. The Morgan fingerprint density at radius 3 is 2.44 bits per heavy atom. The number of hydrogen-bond donors (Lipinski definition) is 0. The number of alkyl halides is 3. The molecule has 2 aromatic heterocycles. The third kappa shape index (κ3) is 6.14. The molecule has 2 rings (SSSR count). The van der Waals surface area contributed by atoms with Crippen molar-refractivity contribution in [2.24, 2.45) is 0 Å². The second-order valence-corrected chi connectivity index (χ2v) is 5.35. The molecule has 0 bridgehead atoms. The lowest BCUT2D eigenvalue weighted by Gasteiger charge is -2.03. The first-order valence-electron chi connectivity index (χ1n) is 6.70. The number of halogens is 3. The number of oxazole rings is 1. The second-order valence-electron chi connectivity index (χ2n) is 4.60. The Balaban J connectivity index is 0.000000381. The molecule has 0 N–H and O–H groups in total. The number of carbonyl (C=O) groups excluding carboxylic acids is 2. The number of aromatic nitrogens is 3. The molecule has 0 aromatic carbocycles. The molecule has 0 aliphatic carbocycles. The Kier molecular flexibility index (Phi) is 7.03. The highest BCUT2D eigenvalue weighted by Crippen LogP contribution is 2.24. The number of aliphatic carboxylic acids is 1. The summed E-state index contributed by atoms with van der Waals surface area (Å²) in [6.07, 6.45) is -3.22. The molecular weight excluding hydrogens is 367 g/mol. The first-order chi connectivity index (χ1) is 11.6. The van der Waals surface area contributed by atoms with E-state index >= 15 is 0 Å². The Labute approximate surface area is 144 Å². The first-order valence-corrected chi connectivity index (χ1v) is 7.47. The quantitative estimate of drug-likeness (QED) is 0.562. The SMILES string of the molecule is COC(=O)CC[n+]1nsc(-c2ncc(C)o2)c1C.O=C([O-])C(F)(F)F. The van der Waals surface area contributed by atoms with Crippen molar-refractivity contribution >= 4 is 23.5 Å². The van der Waals surface area contributed by atoms with E-state index in [4.69, 9.17) is 14.3 Å². The zero-order valence-electron chi connectivity index (χ0n) is 13.4. The van der Waals surface area contributed by atoms with Crippen molar-refractivity contribution in [1.29, 1.82) is 0 Å². The van der Waals surface area contributed by atoms with E-state index in [1.807, 2.05) is 13.8 Å². The molecule has 0 aliphatic rings. The summed E-state index contributed by atoms with van der Waals surface area (Å²) in [4.78, 5) is 24.9. The Bertz CT molecular complexity index is 742. The number of methoxy groups -OCH3 is 1. The Hall–Kier alpha value is -2.50. The van der Waals surface area contributed by atoms with Crippen LogP contribution in [0.2, 0.25) is 0 Å². The fourth-order valence-electron chi connectivity index (χ4n) is 1.50. The van der Waals surface area contributed by atoms with Crippen molar-refractivity contribution in [3.8, 4) is 10.8 Å². The number of carbonyl (C=O) groups is 2. The largest absolute Gasteiger partial charge is 0.542 e. The van der Waals surface area contributed by atoms with E-state index in [0.717, 1.165) is 16.3 Å². The van der Waals surface area contributed by atoms with Crippen molar-refractivity contribution in [1.82, 2.24) is 9.47 Å². The summed E-state index contributed by atoms with van der Waals surface area (Å²) in [5.41, 5.74) is 0.936. The van der Waals surface area contributed by atoms with Gasteiger partial charge in [0.2, 0.25) is 11.6 Å². The number of rotatable bonds is 4. The Morgan fingerprint density at radius 2 is 2.00 bits per heavy atom. The van der Waals surface area contributed by atoms with E-state index < -0.39 is 12.1 Å². The van der Waals surface area contributed by atoms with Crippen LogP contribution in [0.5, 0.6) is 0 Å². The van der Waals surface area contributed by atoms with Gasteiger partial charge in [-0.05, 0) is 6.92 Å². The molecule has 0 saturated heterocycles. The summed E-state index contributed by atoms with van der Waals surface area (Å²) >= 11 is 1.31. The molecule has 0 spiro atoms. The minimum absolute atomic E-state index is 0.247. The highest BCUT2D eigenvalue weighted by molar-refractivity contribution is 7.09. The van der Waals surface area contributed by atoms with Crippen LogP contribution in [0.15, 0.2) is 10.6 Å². The lowest BCUT2D eigenvalue weighted by molar-refractivity contribution is -0.750. The van der Waals surface area contributed by atoms with Gasteiger partial charge >= 0.3 is 12.1 Å². The number of esters is 1. The minimum atomic E-state index is -5.19. The third-order valence-corrected chi connectivity index (χ3v) is 3.68. The van der Waals surface area contributed by atoms with Gasteiger partial charge in [-0.3, -0.25) is 4.79 Å². The van der Waals surface area contributed by atoms with E-state index in [2.05, 4.69) is 14.2 Å². The van der Waals surface area contributed by atoms with Crippen molar-refractivity contribution < 1.29 is 41.7 Å². The molecule has 0 unspecified atom stereocenters. The Morgan fingerprint density at radius 1 is 1.40 bits per heavy atom. The standard InChI is InChI=1S/C11H14N3O3S.C2HF3O2/c1-7-6-12-11(17-7)10-8(2)14(13-18-10)5-4-9(15)16-3;3-2(4,5)1(6)7/h6H,4-5H2,1-3H3;(H,6,7)/q+1;/p-1. The molecule has 0 atom stereocenters. The average Bonchev–Trinajstić information content (AvgIpc) is 3.10. The molecule has 2 heterocycles. The summed E-state index contributed by atoms with van der Waals surface area (Å²) in [7, 11) is 1.38. The number of aryl methyl sites for hydroxylation is 2. The van der Waals surface area contributed by atoms with E-state index in [0.29, 0.717) is 18.9 Å². The molecule has 0 amide bonds. The molecule has 138 valence electrons. The van der Waals surface area contributed by atoms with E-state index in [1.54, 1.807) is 10.9 Å². The molecule has 0 aliphatic heterocycles. The van der Waals surface area contributed by atoms with Gasteiger partial charge in [0, 0.05) is 18.5 Å². The predicted molar refractivity (Wildman–Crippen MR) is 75.0 cm³/mol. The molecule has 0 radical (unpaired) electrons. The highest BCUT2D eigenvalue weighted by atomic mass is 32.1. The fourth-order valence-corrected chi connectivity index (χ4v) is 2.29. The van der Waals surface area contributed by atoms with Gasteiger partial charge in [0.25, 0.3) is 0 Å². The minimum Gasteiger partial charge on any atom is -0.542 e. The van der Waals surface area contributed by atoms with E-state index in [9.17, 15) is 18.0 Å². The monoisotopic (exact) mass is 381 g/mol.